The zero-order chi connectivity index (χ0) is 22.1. The van der Waals surface area contributed by atoms with Crippen LogP contribution in [0.4, 0.5) is 0 Å². The van der Waals surface area contributed by atoms with Gasteiger partial charge >= 0.3 is 0 Å². The fourth-order valence-corrected chi connectivity index (χ4v) is 3.14. The Balaban J connectivity index is 1.54. The maximum absolute atomic E-state index is 12.4. The van der Waals surface area contributed by atoms with E-state index in [1.54, 1.807) is 30.3 Å². The monoisotopic (exact) mass is 439 g/mol. The average molecular weight is 440 g/mol. The highest BCUT2D eigenvalue weighted by atomic mass is 35.5. The number of hydrogen-bond donors (Lipinski definition) is 1. The summed E-state index contributed by atoms with van der Waals surface area (Å²) >= 11 is 5.86. The second kappa shape index (κ2) is 11.3. The molecule has 0 spiro atoms. The van der Waals surface area contributed by atoms with Crippen molar-refractivity contribution < 1.29 is 14.6 Å². The minimum atomic E-state index is -0.301. The molecule has 6 nitrogen and oxygen atoms in total. The van der Waals surface area contributed by atoms with Gasteiger partial charge in [-0.3, -0.25) is 9.48 Å². The van der Waals surface area contributed by atoms with Gasteiger partial charge in [-0.2, -0.15) is 0 Å². The number of unbranched alkanes of at least 4 members (excludes halogenated alkanes) is 3. The molecule has 0 aliphatic carbocycles. The van der Waals surface area contributed by atoms with Crippen molar-refractivity contribution in [3.05, 3.63) is 76.6 Å². The van der Waals surface area contributed by atoms with Crippen molar-refractivity contribution in [2.24, 2.45) is 0 Å². The molecule has 0 radical (unpaired) electrons. The smallest absolute Gasteiger partial charge is 0.189 e. The van der Waals surface area contributed by atoms with Crippen molar-refractivity contribution in [1.82, 2.24) is 15.0 Å². The van der Waals surface area contributed by atoms with Crippen molar-refractivity contribution in [3.8, 4) is 11.5 Å². The Morgan fingerprint density at radius 1 is 1.16 bits per heavy atom. The van der Waals surface area contributed by atoms with Crippen LogP contribution in [0.15, 0.2) is 54.7 Å². The van der Waals surface area contributed by atoms with Gasteiger partial charge < -0.3 is 9.84 Å². The number of nitrogens with zero attached hydrogens (tertiary/aromatic N) is 3. The van der Waals surface area contributed by atoms with Crippen LogP contribution in [-0.2, 0) is 13.2 Å². The van der Waals surface area contributed by atoms with E-state index in [0.717, 1.165) is 18.5 Å². The molecule has 3 rings (SSSR count). The Labute approximate surface area is 187 Å². The minimum Gasteiger partial charge on any atom is -0.507 e. The molecule has 3 aromatic rings. The third-order valence-electron chi connectivity index (χ3n) is 4.75. The van der Waals surface area contributed by atoms with Gasteiger partial charge in [0.1, 0.15) is 23.8 Å². The molecule has 0 saturated heterocycles. The van der Waals surface area contributed by atoms with Gasteiger partial charge in [-0.05, 0) is 42.3 Å². The van der Waals surface area contributed by atoms with E-state index in [9.17, 15) is 9.90 Å². The van der Waals surface area contributed by atoms with Crippen LogP contribution in [0.3, 0.4) is 0 Å². The van der Waals surface area contributed by atoms with Gasteiger partial charge in [0, 0.05) is 17.6 Å². The first-order valence-corrected chi connectivity index (χ1v) is 10.8. The second-order valence-corrected chi connectivity index (χ2v) is 7.69. The summed E-state index contributed by atoms with van der Waals surface area (Å²) < 4.78 is 7.51. The number of halogens is 1. The molecule has 2 aromatic carbocycles. The topological polar surface area (TPSA) is 77.2 Å². The lowest BCUT2D eigenvalue weighted by Gasteiger charge is -2.07. The molecule has 7 heteroatoms. The molecule has 162 valence electrons. The van der Waals surface area contributed by atoms with Gasteiger partial charge in [0.2, 0.25) is 0 Å². The lowest BCUT2D eigenvalue weighted by atomic mass is 10.1. The van der Waals surface area contributed by atoms with Gasteiger partial charge in [0.15, 0.2) is 5.78 Å². The predicted molar refractivity (Wildman–Crippen MR) is 121 cm³/mol. The van der Waals surface area contributed by atoms with E-state index in [1.165, 1.54) is 31.4 Å². The number of aromatic nitrogens is 3. The Morgan fingerprint density at radius 2 is 1.97 bits per heavy atom. The lowest BCUT2D eigenvalue weighted by molar-refractivity contribution is 0.104. The molecule has 0 saturated carbocycles. The van der Waals surface area contributed by atoms with E-state index in [0.29, 0.717) is 16.5 Å². The van der Waals surface area contributed by atoms with Gasteiger partial charge in [-0.1, -0.05) is 61.2 Å². The molecule has 1 heterocycles. The Hall–Kier alpha value is -3.12. The number of benzene rings is 2. The third-order valence-corrected chi connectivity index (χ3v) is 5.00. The number of ether oxygens (including phenoxy) is 1. The maximum atomic E-state index is 12.4. The predicted octanol–water partition coefficient (Wildman–Crippen LogP) is 5.69. The SMILES string of the molecule is CCCCCCn1cc(COc2ccc(C(=O)/C=C/c3ccc(Cl)cc3)c(O)c2)nn1. The number of carbonyl (C=O) groups excluding carboxylic acids is 1. The van der Waals surface area contributed by atoms with E-state index in [4.69, 9.17) is 16.3 Å². The summed E-state index contributed by atoms with van der Waals surface area (Å²) in [5.41, 5.74) is 1.76. The fraction of sp³-hybridized carbons (Fsp3) is 0.292. The number of ketones is 1. The summed E-state index contributed by atoms with van der Waals surface area (Å²) in [6, 6.07) is 11.7. The zero-order valence-corrected chi connectivity index (χ0v) is 18.3. The largest absolute Gasteiger partial charge is 0.507 e. The standard InChI is InChI=1S/C24H26ClN3O3/c1-2-3-4-5-14-28-16-20(26-27-28)17-31-21-11-12-22(24(30)15-21)23(29)13-8-18-6-9-19(25)10-7-18/h6-13,15-16,30H,2-5,14,17H2,1H3/b13-8+. The number of aryl methyl sites for hydroxylation is 1. The third kappa shape index (κ3) is 6.96. The maximum Gasteiger partial charge on any atom is 0.189 e. The van der Waals surface area contributed by atoms with Gasteiger partial charge in [-0.15, -0.1) is 5.10 Å². The van der Waals surface area contributed by atoms with Gasteiger partial charge in [-0.25, -0.2) is 0 Å². The molecule has 1 N–H and O–H groups in total. The summed E-state index contributed by atoms with van der Waals surface area (Å²) in [4.78, 5) is 12.4. The summed E-state index contributed by atoms with van der Waals surface area (Å²) in [5, 5.41) is 19.1. The van der Waals surface area contributed by atoms with Gasteiger partial charge in [0.25, 0.3) is 0 Å². The number of phenols is 1. The van der Waals surface area contributed by atoms with Crippen molar-refractivity contribution >= 4 is 23.5 Å². The molecular weight excluding hydrogens is 414 g/mol. The normalized spacial score (nSPS) is 11.2. The first kappa shape index (κ1) is 22.6. The van der Waals surface area contributed by atoms with Crippen molar-refractivity contribution in [2.75, 3.05) is 0 Å². The molecule has 0 aliphatic rings. The Morgan fingerprint density at radius 3 is 2.71 bits per heavy atom. The van der Waals surface area contributed by atoms with Gasteiger partial charge in [0.05, 0.1) is 11.8 Å². The van der Waals surface area contributed by atoms with Crippen LogP contribution in [0.1, 0.15) is 54.2 Å². The number of hydrogen-bond acceptors (Lipinski definition) is 5. The van der Waals surface area contributed by atoms with Crippen LogP contribution in [0.5, 0.6) is 11.5 Å². The van der Waals surface area contributed by atoms with E-state index in [1.807, 2.05) is 23.0 Å². The number of phenolic OH excluding ortho intramolecular Hbond substituents is 1. The number of allylic oxidation sites excluding steroid dienone is 1. The second-order valence-electron chi connectivity index (χ2n) is 7.25. The van der Waals surface area contributed by atoms with Crippen LogP contribution in [0, 0.1) is 0 Å². The first-order valence-electron chi connectivity index (χ1n) is 10.4. The summed E-state index contributed by atoms with van der Waals surface area (Å²) in [7, 11) is 0. The minimum absolute atomic E-state index is 0.136. The Kier molecular flexibility index (Phi) is 8.24. The van der Waals surface area contributed by atoms with E-state index in [2.05, 4.69) is 17.2 Å². The summed E-state index contributed by atoms with van der Waals surface area (Å²) in [6.45, 7) is 3.26. The fourth-order valence-electron chi connectivity index (χ4n) is 3.02. The molecule has 0 bridgehead atoms. The van der Waals surface area contributed by atoms with E-state index in [-0.39, 0.29) is 23.7 Å². The number of carbonyl (C=O) groups is 1. The van der Waals surface area contributed by atoms with Crippen molar-refractivity contribution in [1.29, 1.82) is 0 Å². The van der Waals surface area contributed by atoms with Crippen molar-refractivity contribution in [3.63, 3.8) is 0 Å². The van der Waals surface area contributed by atoms with E-state index >= 15 is 0 Å². The number of aromatic hydroxyl groups is 1. The average Bonchev–Trinajstić information content (AvgIpc) is 3.22. The Bertz CT molecular complexity index is 1030. The zero-order valence-electron chi connectivity index (χ0n) is 17.5. The molecule has 31 heavy (non-hydrogen) atoms. The molecular formula is C24H26ClN3O3. The quantitative estimate of drug-likeness (QED) is 0.236. The highest BCUT2D eigenvalue weighted by Gasteiger charge is 2.10. The molecule has 0 amide bonds. The highest BCUT2D eigenvalue weighted by molar-refractivity contribution is 6.30. The molecule has 0 aliphatic heterocycles. The summed E-state index contributed by atoms with van der Waals surface area (Å²) in [5.74, 6) is 0.0149. The van der Waals surface area contributed by atoms with Crippen LogP contribution >= 0.6 is 11.6 Å². The first-order chi connectivity index (χ1) is 15.0. The molecule has 0 unspecified atom stereocenters. The summed E-state index contributed by atoms with van der Waals surface area (Å²) in [6.07, 6.45) is 9.64. The van der Waals surface area contributed by atoms with Crippen molar-refractivity contribution in [2.45, 2.75) is 45.8 Å². The molecule has 1 aromatic heterocycles. The molecule has 0 atom stereocenters. The van der Waals surface area contributed by atoms with Crippen LogP contribution in [-0.4, -0.2) is 25.9 Å². The van der Waals surface area contributed by atoms with Crippen LogP contribution in [0.2, 0.25) is 5.02 Å². The highest BCUT2D eigenvalue weighted by Crippen LogP contribution is 2.25. The van der Waals surface area contributed by atoms with Crippen LogP contribution in [0.25, 0.3) is 6.08 Å². The van der Waals surface area contributed by atoms with E-state index < -0.39 is 0 Å². The number of rotatable bonds is 11. The lowest BCUT2D eigenvalue weighted by Crippen LogP contribution is -1.99. The molecule has 0 fully saturated rings. The van der Waals surface area contributed by atoms with Crippen LogP contribution < -0.4 is 4.74 Å².